The van der Waals surface area contributed by atoms with Gasteiger partial charge in [0.05, 0.1) is 5.69 Å². The van der Waals surface area contributed by atoms with Gasteiger partial charge in [0.15, 0.2) is 0 Å². The second-order valence-electron chi connectivity index (χ2n) is 6.07. The number of hydrogen-bond acceptors (Lipinski definition) is 2. The SMILES string of the molecule is CC(=O)Nc1cccc(-c2nc(C(C)(C)C)[nH]c2C)c1. The number of amides is 1. The number of benzene rings is 1. The molecule has 0 aliphatic heterocycles. The van der Waals surface area contributed by atoms with Gasteiger partial charge in [0.2, 0.25) is 5.91 Å². The Labute approximate surface area is 119 Å². The Morgan fingerprint density at radius 3 is 2.55 bits per heavy atom. The van der Waals surface area contributed by atoms with Gasteiger partial charge in [-0.25, -0.2) is 4.98 Å². The highest BCUT2D eigenvalue weighted by atomic mass is 16.1. The first kappa shape index (κ1) is 14.3. The van der Waals surface area contributed by atoms with Crippen molar-refractivity contribution in [3.63, 3.8) is 0 Å². The summed E-state index contributed by atoms with van der Waals surface area (Å²) >= 11 is 0. The maximum Gasteiger partial charge on any atom is 0.221 e. The highest BCUT2D eigenvalue weighted by Gasteiger charge is 2.20. The highest BCUT2D eigenvalue weighted by Crippen LogP contribution is 2.28. The number of anilines is 1. The molecule has 20 heavy (non-hydrogen) atoms. The Balaban J connectivity index is 2.41. The van der Waals surface area contributed by atoms with Crippen LogP contribution in [-0.2, 0) is 10.2 Å². The molecule has 2 rings (SSSR count). The fourth-order valence-corrected chi connectivity index (χ4v) is 2.04. The molecule has 0 saturated carbocycles. The van der Waals surface area contributed by atoms with Crippen LogP contribution in [0.3, 0.4) is 0 Å². The Hall–Kier alpha value is -2.10. The molecule has 0 aliphatic carbocycles. The summed E-state index contributed by atoms with van der Waals surface area (Å²) in [5.41, 5.74) is 3.74. The van der Waals surface area contributed by atoms with Crippen LogP contribution < -0.4 is 5.32 Å². The molecule has 1 aromatic heterocycles. The molecular formula is C16H21N3O. The first-order chi connectivity index (χ1) is 9.27. The molecule has 4 heteroatoms. The van der Waals surface area contributed by atoms with E-state index < -0.39 is 0 Å². The zero-order valence-electron chi connectivity index (χ0n) is 12.7. The lowest BCUT2D eigenvalue weighted by molar-refractivity contribution is -0.114. The molecule has 0 bridgehead atoms. The van der Waals surface area contributed by atoms with E-state index in [1.54, 1.807) is 0 Å². The number of nitrogens with one attached hydrogen (secondary N) is 2. The summed E-state index contributed by atoms with van der Waals surface area (Å²) in [5, 5.41) is 2.79. The van der Waals surface area contributed by atoms with Crippen LogP contribution in [0.5, 0.6) is 0 Å². The minimum Gasteiger partial charge on any atom is -0.345 e. The van der Waals surface area contributed by atoms with Crippen molar-refractivity contribution < 1.29 is 4.79 Å². The Morgan fingerprint density at radius 2 is 2.00 bits per heavy atom. The number of imidazole rings is 1. The van der Waals surface area contributed by atoms with Crippen LogP contribution in [-0.4, -0.2) is 15.9 Å². The van der Waals surface area contributed by atoms with E-state index in [4.69, 9.17) is 4.98 Å². The van der Waals surface area contributed by atoms with Gasteiger partial charge in [-0.05, 0) is 19.1 Å². The van der Waals surface area contributed by atoms with Crippen LogP contribution in [0.4, 0.5) is 5.69 Å². The molecule has 0 aliphatic rings. The fourth-order valence-electron chi connectivity index (χ4n) is 2.04. The summed E-state index contributed by atoms with van der Waals surface area (Å²) in [4.78, 5) is 19.2. The average molecular weight is 271 g/mol. The normalized spacial score (nSPS) is 11.4. The lowest BCUT2D eigenvalue weighted by Crippen LogP contribution is -2.13. The van der Waals surface area contributed by atoms with Gasteiger partial charge in [-0.2, -0.15) is 0 Å². The molecule has 0 spiro atoms. The topological polar surface area (TPSA) is 57.8 Å². The molecule has 1 heterocycles. The third-order valence-corrected chi connectivity index (χ3v) is 3.05. The van der Waals surface area contributed by atoms with Crippen LogP contribution in [0.25, 0.3) is 11.3 Å². The summed E-state index contributed by atoms with van der Waals surface area (Å²) < 4.78 is 0. The molecule has 2 N–H and O–H groups in total. The van der Waals surface area contributed by atoms with Gasteiger partial charge in [-0.1, -0.05) is 32.9 Å². The maximum atomic E-state index is 11.1. The summed E-state index contributed by atoms with van der Waals surface area (Å²) in [6.07, 6.45) is 0. The summed E-state index contributed by atoms with van der Waals surface area (Å²) in [7, 11) is 0. The van der Waals surface area contributed by atoms with Gasteiger partial charge >= 0.3 is 0 Å². The smallest absolute Gasteiger partial charge is 0.221 e. The summed E-state index contributed by atoms with van der Waals surface area (Å²) in [6, 6.07) is 7.74. The number of aromatic amines is 1. The molecule has 0 atom stereocenters. The zero-order valence-corrected chi connectivity index (χ0v) is 12.7. The third kappa shape index (κ3) is 3.07. The Bertz CT molecular complexity index is 635. The molecule has 0 unspecified atom stereocenters. The van der Waals surface area contributed by atoms with Crippen molar-refractivity contribution in [3.8, 4) is 11.3 Å². The van der Waals surface area contributed by atoms with Crippen LogP contribution in [0, 0.1) is 6.92 Å². The monoisotopic (exact) mass is 271 g/mol. The van der Waals surface area contributed by atoms with Crippen molar-refractivity contribution in [1.29, 1.82) is 0 Å². The van der Waals surface area contributed by atoms with Gasteiger partial charge in [-0.15, -0.1) is 0 Å². The number of rotatable bonds is 2. The van der Waals surface area contributed by atoms with Crippen LogP contribution in [0.15, 0.2) is 24.3 Å². The van der Waals surface area contributed by atoms with Gasteiger partial charge in [-0.3, -0.25) is 4.79 Å². The second-order valence-corrected chi connectivity index (χ2v) is 6.07. The number of aromatic nitrogens is 2. The average Bonchev–Trinajstić information content (AvgIpc) is 2.70. The number of H-pyrrole nitrogens is 1. The van der Waals surface area contributed by atoms with Gasteiger partial charge < -0.3 is 10.3 Å². The lowest BCUT2D eigenvalue weighted by atomic mass is 9.96. The number of carbonyl (C=O) groups is 1. The molecule has 2 aromatic rings. The van der Waals surface area contributed by atoms with E-state index >= 15 is 0 Å². The summed E-state index contributed by atoms with van der Waals surface area (Å²) in [5.74, 6) is 0.895. The molecule has 0 saturated heterocycles. The number of carbonyl (C=O) groups excluding carboxylic acids is 1. The summed E-state index contributed by atoms with van der Waals surface area (Å²) in [6.45, 7) is 9.90. The van der Waals surface area contributed by atoms with Crippen LogP contribution in [0.1, 0.15) is 39.2 Å². The van der Waals surface area contributed by atoms with Crippen molar-refractivity contribution >= 4 is 11.6 Å². The number of aryl methyl sites for hydroxylation is 1. The molecule has 1 aromatic carbocycles. The van der Waals surface area contributed by atoms with E-state index in [-0.39, 0.29) is 11.3 Å². The van der Waals surface area contributed by atoms with E-state index in [0.29, 0.717) is 0 Å². The molecule has 1 amide bonds. The van der Waals surface area contributed by atoms with E-state index in [1.807, 2.05) is 31.2 Å². The first-order valence-electron chi connectivity index (χ1n) is 6.72. The molecule has 106 valence electrons. The molecule has 0 fully saturated rings. The van der Waals surface area contributed by atoms with Crippen molar-refractivity contribution in [1.82, 2.24) is 9.97 Å². The van der Waals surface area contributed by atoms with Crippen molar-refractivity contribution in [2.75, 3.05) is 5.32 Å². The Kier molecular flexibility index (Phi) is 3.66. The van der Waals surface area contributed by atoms with E-state index in [0.717, 1.165) is 28.5 Å². The predicted octanol–water partition coefficient (Wildman–Crippen LogP) is 3.64. The maximum absolute atomic E-state index is 11.1. The molecule has 4 nitrogen and oxygen atoms in total. The number of hydrogen-bond donors (Lipinski definition) is 2. The van der Waals surface area contributed by atoms with Crippen molar-refractivity contribution in [2.24, 2.45) is 0 Å². The van der Waals surface area contributed by atoms with Gasteiger partial charge in [0.25, 0.3) is 0 Å². The zero-order chi connectivity index (χ0) is 14.9. The van der Waals surface area contributed by atoms with Crippen molar-refractivity contribution in [2.45, 2.75) is 40.0 Å². The third-order valence-electron chi connectivity index (χ3n) is 3.05. The van der Waals surface area contributed by atoms with E-state index in [2.05, 4.69) is 31.1 Å². The highest BCUT2D eigenvalue weighted by molar-refractivity contribution is 5.89. The Morgan fingerprint density at radius 1 is 1.30 bits per heavy atom. The number of nitrogens with zero attached hydrogens (tertiary/aromatic N) is 1. The minimum absolute atomic E-state index is 0.0156. The standard InChI is InChI=1S/C16H21N3O/c1-10-14(19-15(17-10)16(3,4)5)12-7-6-8-13(9-12)18-11(2)20/h6-9H,1-5H3,(H,17,19)(H,18,20). The van der Waals surface area contributed by atoms with Crippen LogP contribution >= 0.6 is 0 Å². The minimum atomic E-state index is -0.0729. The quantitative estimate of drug-likeness (QED) is 0.876. The second kappa shape index (κ2) is 5.12. The first-order valence-corrected chi connectivity index (χ1v) is 6.72. The lowest BCUT2D eigenvalue weighted by Gasteiger charge is -2.14. The van der Waals surface area contributed by atoms with Gasteiger partial charge in [0.1, 0.15) is 5.82 Å². The van der Waals surface area contributed by atoms with Crippen molar-refractivity contribution in [3.05, 3.63) is 35.8 Å². The largest absolute Gasteiger partial charge is 0.345 e. The predicted molar refractivity (Wildman–Crippen MR) is 81.8 cm³/mol. The molecule has 0 radical (unpaired) electrons. The van der Waals surface area contributed by atoms with E-state index in [9.17, 15) is 4.79 Å². The van der Waals surface area contributed by atoms with E-state index in [1.165, 1.54) is 6.92 Å². The van der Waals surface area contributed by atoms with Crippen LogP contribution in [0.2, 0.25) is 0 Å². The molecular weight excluding hydrogens is 250 g/mol. The fraction of sp³-hybridized carbons (Fsp3) is 0.375. The van der Waals surface area contributed by atoms with Gasteiger partial charge in [0, 0.05) is 29.3 Å².